The summed E-state index contributed by atoms with van der Waals surface area (Å²) >= 11 is 5.18. The van der Waals surface area contributed by atoms with Crippen LogP contribution in [-0.4, -0.2) is 41.7 Å². The molecule has 2 aromatic rings. The fraction of sp³-hybridized carbons (Fsp3) is 0.227. The molecule has 3 amide bonds. The third-order valence-corrected chi connectivity index (χ3v) is 6.57. The maximum Gasteiger partial charge on any atom is 0.294 e. The number of hydrogen-bond acceptors (Lipinski definition) is 6. The highest BCUT2D eigenvalue weighted by atomic mass is 127. The molecule has 0 aliphatic carbocycles. The van der Waals surface area contributed by atoms with Gasteiger partial charge < -0.3 is 14.8 Å². The topological polar surface area (TPSA) is 84.9 Å². The van der Waals surface area contributed by atoms with Crippen molar-refractivity contribution in [2.24, 2.45) is 0 Å². The summed E-state index contributed by atoms with van der Waals surface area (Å²) in [6, 6.07) is 10.7. The first-order valence-corrected chi connectivity index (χ1v) is 12.7. The quantitative estimate of drug-likeness (QED) is 0.299. The summed E-state index contributed by atoms with van der Waals surface area (Å²) in [5.41, 5.74) is 1.27. The molecule has 2 aromatic carbocycles. The summed E-state index contributed by atoms with van der Waals surface area (Å²) in [5, 5.41) is 2.21. The summed E-state index contributed by atoms with van der Waals surface area (Å²) in [6.07, 6.45) is 1.64. The second kappa shape index (κ2) is 11.4. The van der Waals surface area contributed by atoms with Crippen LogP contribution < -0.4 is 14.8 Å². The minimum Gasteiger partial charge on any atom is -0.494 e. The van der Waals surface area contributed by atoms with E-state index in [4.69, 9.17) is 9.47 Å². The first kappa shape index (κ1) is 24.8. The van der Waals surface area contributed by atoms with E-state index in [1.54, 1.807) is 30.3 Å². The van der Waals surface area contributed by atoms with Crippen molar-refractivity contribution >= 4 is 85.8 Å². The van der Waals surface area contributed by atoms with Gasteiger partial charge in [-0.15, -0.1) is 0 Å². The fourth-order valence-corrected chi connectivity index (χ4v) is 5.78. The van der Waals surface area contributed by atoms with Gasteiger partial charge in [-0.2, -0.15) is 0 Å². The molecule has 1 aliphatic rings. The maximum atomic E-state index is 12.8. The predicted molar refractivity (Wildman–Crippen MR) is 142 cm³/mol. The molecule has 0 bridgehead atoms. The number of carbonyl (C=O) groups excluding carboxylic acids is 3. The predicted octanol–water partition coefficient (Wildman–Crippen LogP) is 5.37. The van der Waals surface area contributed by atoms with E-state index in [9.17, 15) is 14.4 Å². The van der Waals surface area contributed by atoms with Crippen LogP contribution in [0.3, 0.4) is 0 Å². The van der Waals surface area contributed by atoms with Crippen LogP contribution in [0.15, 0.2) is 41.3 Å². The standard InChI is InChI=1S/C22H20I2N2O5S/c1-3-30-16-7-5-15(6-8-16)25-19(27)12-26-21(28)18(32-22(26)29)10-13-9-14(23)11-17(24)20(13)31-4-2/h5-11H,3-4,12H2,1-2H3,(H,25,27)/b18-10+. The Kier molecular flexibility index (Phi) is 8.82. The van der Waals surface area contributed by atoms with Crippen molar-refractivity contribution < 1.29 is 23.9 Å². The van der Waals surface area contributed by atoms with Gasteiger partial charge in [-0.1, -0.05) is 0 Å². The highest BCUT2D eigenvalue weighted by Gasteiger charge is 2.36. The number of nitrogens with one attached hydrogen (secondary N) is 1. The molecule has 1 fully saturated rings. The van der Waals surface area contributed by atoms with E-state index in [-0.39, 0.29) is 11.4 Å². The molecule has 0 radical (unpaired) electrons. The van der Waals surface area contributed by atoms with E-state index in [1.165, 1.54) is 0 Å². The lowest BCUT2D eigenvalue weighted by molar-refractivity contribution is -0.127. The number of amides is 3. The third kappa shape index (κ3) is 6.16. The van der Waals surface area contributed by atoms with Crippen molar-refractivity contribution in [1.82, 2.24) is 4.90 Å². The Hall–Kier alpha value is -1.80. The summed E-state index contributed by atoms with van der Waals surface area (Å²) in [7, 11) is 0. The molecule has 0 aromatic heterocycles. The van der Waals surface area contributed by atoms with E-state index >= 15 is 0 Å². The minimum absolute atomic E-state index is 0.252. The molecule has 1 heterocycles. The molecular weight excluding hydrogens is 658 g/mol. The second-order valence-electron chi connectivity index (χ2n) is 6.51. The van der Waals surface area contributed by atoms with Gasteiger partial charge in [-0.05, 0) is 113 Å². The number of anilines is 1. The highest BCUT2D eigenvalue weighted by Crippen LogP contribution is 2.36. The molecule has 1 aliphatic heterocycles. The number of halogens is 2. The van der Waals surface area contributed by atoms with E-state index in [2.05, 4.69) is 50.5 Å². The number of rotatable bonds is 8. The van der Waals surface area contributed by atoms with Gasteiger partial charge in [0.05, 0.1) is 21.7 Å². The Morgan fingerprint density at radius 1 is 1.09 bits per heavy atom. The van der Waals surface area contributed by atoms with E-state index in [0.717, 1.165) is 23.8 Å². The Balaban J connectivity index is 1.73. The zero-order valence-corrected chi connectivity index (χ0v) is 22.4. The molecule has 0 saturated carbocycles. The van der Waals surface area contributed by atoms with Gasteiger partial charge in [0.15, 0.2) is 0 Å². The maximum absolute atomic E-state index is 12.8. The summed E-state index contributed by atoms with van der Waals surface area (Å²) < 4.78 is 13.0. The minimum atomic E-state index is -0.502. The van der Waals surface area contributed by atoms with Gasteiger partial charge in [-0.25, -0.2) is 0 Å². The molecule has 3 rings (SSSR count). The van der Waals surface area contributed by atoms with Crippen molar-refractivity contribution in [3.63, 3.8) is 0 Å². The third-order valence-electron chi connectivity index (χ3n) is 4.24. The molecule has 7 nitrogen and oxygen atoms in total. The van der Waals surface area contributed by atoms with Crippen LogP contribution in [-0.2, 0) is 9.59 Å². The molecule has 0 unspecified atom stereocenters. The molecule has 168 valence electrons. The Labute approximate surface area is 217 Å². The molecule has 0 spiro atoms. The Morgan fingerprint density at radius 3 is 2.44 bits per heavy atom. The van der Waals surface area contributed by atoms with Gasteiger partial charge in [0.1, 0.15) is 18.0 Å². The van der Waals surface area contributed by atoms with Gasteiger partial charge in [0, 0.05) is 14.8 Å². The van der Waals surface area contributed by atoms with Crippen molar-refractivity contribution in [2.45, 2.75) is 13.8 Å². The lowest BCUT2D eigenvalue weighted by Gasteiger charge is -2.13. The van der Waals surface area contributed by atoms with Crippen LogP contribution in [0.5, 0.6) is 11.5 Å². The monoisotopic (exact) mass is 678 g/mol. The molecule has 1 N–H and O–H groups in total. The molecular formula is C22H20I2N2O5S. The number of imide groups is 1. The van der Waals surface area contributed by atoms with Gasteiger partial charge in [0.2, 0.25) is 5.91 Å². The number of hydrogen-bond donors (Lipinski definition) is 1. The summed E-state index contributed by atoms with van der Waals surface area (Å²) in [5.74, 6) is 0.390. The first-order chi connectivity index (χ1) is 15.3. The molecule has 32 heavy (non-hydrogen) atoms. The molecule has 10 heteroatoms. The van der Waals surface area contributed by atoms with Crippen LogP contribution >= 0.6 is 56.9 Å². The van der Waals surface area contributed by atoms with Crippen LogP contribution in [0, 0.1) is 7.14 Å². The van der Waals surface area contributed by atoms with E-state index in [0.29, 0.717) is 36.0 Å². The second-order valence-corrected chi connectivity index (χ2v) is 9.91. The zero-order valence-electron chi connectivity index (χ0n) is 17.3. The average Bonchev–Trinajstić information content (AvgIpc) is 2.99. The van der Waals surface area contributed by atoms with Crippen molar-refractivity contribution in [3.05, 3.63) is 54.0 Å². The smallest absolute Gasteiger partial charge is 0.294 e. The zero-order chi connectivity index (χ0) is 23.3. The molecule has 1 saturated heterocycles. The van der Waals surface area contributed by atoms with Crippen LogP contribution in [0.25, 0.3) is 6.08 Å². The number of ether oxygens (including phenoxy) is 2. The lowest BCUT2D eigenvalue weighted by atomic mass is 10.2. The number of thioether (sulfide) groups is 1. The Bertz CT molecular complexity index is 1070. The fourth-order valence-electron chi connectivity index (χ4n) is 2.91. The average molecular weight is 678 g/mol. The Morgan fingerprint density at radius 2 is 1.78 bits per heavy atom. The van der Waals surface area contributed by atoms with Crippen molar-refractivity contribution in [2.75, 3.05) is 25.1 Å². The lowest BCUT2D eigenvalue weighted by Crippen LogP contribution is -2.36. The molecule has 0 atom stereocenters. The normalized spacial score (nSPS) is 14.8. The number of benzene rings is 2. The first-order valence-electron chi connectivity index (χ1n) is 9.72. The van der Waals surface area contributed by atoms with Crippen molar-refractivity contribution in [3.8, 4) is 11.5 Å². The highest BCUT2D eigenvalue weighted by molar-refractivity contribution is 14.1. The summed E-state index contributed by atoms with van der Waals surface area (Å²) in [4.78, 5) is 38.9. The SMILES string of the molecule is CCOc1ccc(NC(=O)CN2C(=O)S/C(=C/c3cc(I)cc(I)c3OCC)C2=O)cc1. The van der Waals surface area contributed by atoms with Gasteiger partial charge in [-0.3, -0.25) is 19.3 Å². The van der Waals surface area contributed by atoms with E-state index < -0.39 is 17.1 Å². The van der Waals surface area contributed by atoms with Gasteiger partial charge >= 0.3 is 0 Å². The number of nitrogens with zero attached hydrogens (tertiary/aromatic N) is 1. The van der Waals surface area contributed by atoms with Crippen LogP contribution in [0.1, 0.15) is 19.4 Å². The summed E-state index contributed by atoms with van der Waals surface area (Å²) in [6.45, 7) is 4.43. The largest absolute Gasteiger partial charge is 0.494 e. The van der Waals surface area contributed by atoms with Crippen molar-refractivity contribution in [1.29, 1.82) is 0 Å². The number of carbonyl (C=O) groups is 3. The van der Waals surface area contributed by atoms with E-state index in [1.807, 2.05) is 26.0 Å². The van der Waals surface area contributed by atoms with Crippen LogP contribution in [0.4, 0.5) is 10.5 Å². The van der Waals surface area contributed by atoms with Gasteiger partial charge in [0.25, 0.3) is 11.1 Å². The van der Waals surface area contributed by atoms with Crippen LogP contribution in [0.2, 0.25) is 0 Å².